The summed E-state index contributed by atoms with van der Waals surface area (Å²) in [5.41, 5.74) is 4.35. The first-order valence-electron chi connectivity index (χ1n) is 7.08. The van der Waals surface area contributed by atoms with Gasteiger partial charge in [0.2, 0.25) is 0 Å². The normalized spacial score (nSPS) is 13.1. The maximum Gasteiger partial charge on any atom is 0.520 e. The maximum absolute atomic E-state index is 5.93. The minimum absolute atomic E-state index is 1.44. The van der Waals surface area contributed by atoms with Crippen LogP contribution < -0.4 is 0 Å². The van der Waals surface area contributed by atoms with Gasteiger partial charge in [0, 0.05) is 42.7 Å². The fourth-order valence-electron chi connectivity index (χ4n) is 1.66. The van der Waals surface area contributed by atoms with Crippen molar-refractivity contribution in [1.29, 1.82) is 0 Å². The third-order valence-electron chi connectivity index (χ3n) is 3.24. The summed E-state index contributed by atoms with van der Waals surface area (Å²) in [4.78, 5) is 0. The third-order valence-corrected chi connectivity index (χ3v) is 14.4. The van der Waals surface area contributed by atoms with E-state index < -0.39 is 35.9 Å². The van der Waals surface area contributed by atoms with E-state index in [1.165, 1.54) is 59.8 Å². The zero-order valence-electron chi connectivity index (χ0n) is 15.6. The molecule has 0 N–H and O–H groups in total. The molecule has 0 bridgehead atoms. The topological polar surface area (TPSA) is 83.1 Å². The molecule has 0 saturated heterocycles. The lowest BCUT2D eigenvalue weighted by Gasteiger charge is -2.34. The van der Waals surface area contributed by atoms with Gasteiger partial charge in [0.25, 0.3) is 0 Å². The van der Waals surface area contributed by atoms with Crippen molar-refractivity contribution in [1.82, 2.24) is 0 Å². The van der Waals surface area contributed by atoms with Gasteiger partial charge in [-0.05, 0) is 17.1 Å². The van der Waals surface area contributed by atoms with Gasteiger partial charge in [-0.1, -0.05) is 19.7 Å². The van der Waals surface area contributed by atoms with Gasteiger partial charge < -0.3 is 38.9 Å². The standard InChI is InChI=1S/C12H28O9Si4/c1-10-23(13-4,14-5)19-22(20-24(11-2,15-6)16-7)21-25(12-3,17-8)18-9/h10-12,22H,1-3H2,4-9H3. The molecule has 0 heterocycles. The van der Waals surface area contributed by atoms with Crippen LogP contribution in [0.4, 0.5) is 0 Å². The van der Waals surface area contributed by atoms with Crippen molar-refractivity contribution in [2.45, 2.75) is 0 Å². The minimum atomic E-state index is -3.23. The van der Waals surface area contributed by atoms with E-state index in [2.05, 4.69) is 19.7 Å². The van der Waals surface area contributed by atoms with E-state index in [0.29, 0.717) is 0 Å². The van der Waals surface area contributed by atoms with Crippen molar-refractivity contribution < 1.29 is 38.9 Å². The molecular formula is C12H28O9Si4. The summed E-state index contributed by atoms with van der Waals surface area (Å²) in [6.07, 6.45) is 0. The first-order valence-corrected chi connectivity index (χ1v) is 13.9. The molecule has 0 fully saturated rings. The molecular weight excluding hydrogens is 400 g/mol. The summed E-state index contributed by atoms with van der Waals surface area (Å²) in [7, 11) is -4.07. The second-order valence-electron chi connectivity index (χ2n) is 4.29. The van der Waals surface area contributed by atoms with Crippen LogP contribution in [-0.4, -0.2) is 78.6 Å². The molecule has 0 aliphatic carbocycles. The van der Waals surface area contributed by atoms with Crippen LogP contribution in [-0.2, 0) is 38.9 Å². The van der Waals surface area contributed by atoms with Crippen LogP contribution in [0.5, 0.6) is 0 Å². The van der Waals surface area contributed by atoms with Crippen LogP contribution in [0.25, 0.3) is 0 Å². The molecule has 0 spiro atoms. The Morgan fingerprint density at radius 3 is 0.840 bits per heavy atom. The Morgan fingerprint density at radius 1 is 0.520 bits per heavy atom. The molecule has 0 rings (SSSR count). The molecule has 0 aromatic rings. The predicted molar refractivity (Wildman–Crippen MR) is 100 cm³/mol. The summed E-state index contributed by atoms with van der Waals surface area (Å²) < 4.78 is 50.0. The molecule has 0 unspecified atom stereocenters. The Labute approximate surface area is 154 Å². The highest BCUT2D eigenvalue weighted by Crippen LogP contribution is 2.20. The van der Waals surface area contributed by atoms with Crippen LogP contribution in [0.2, 0.25) is 0 Å². The average molecular weight is 429 g/mol. The van der Waals surface area contributed by atoms with Crippen LogP contribution in [0.15, 0.2) is 36.8 Å². The van der Waals surface area contributed by atoms with E-state index in [9.17, 15) is 0 Å². The molecule has 0 saturated carbocycles. The first-order chi connectivity index (χ1) is 11.8. The second-order valence-corrected chi connectivity index (χ2v) is 15.0. The average Bonchev–Trinajstić information content (AvgIpc) is 2.68. The predicted octanol–water partition coefficient (Wildman–Crippen LogP) is 0.624. The van der Waals surface area contributed by atoms with E-state index in [1.807, 2.05) is 0 Å². The van der Waals surface area contributed by atoms with Crippen LogP contribution in [0.1, 0.15) is 0 Å². The molecule has 0 amide bonds. The van der Waals surface area contributed by atoms with Gasteiger partial charge >= 0.3 is 35.9 Å². The van der Waals surface area contributed by atoms with Gasteiger partial charge in [-0.2, -0.15) is 0 Å². The molecule has 0 aromatic carbocycles. The molecule has 0 aliphatic rings. The Hall–Kier alpha value is -0.272. The lowest BCUT2D eigenvalue weighted by Crippen LogP contribution is -2.59. The van der Waals surface area contributed by atoms with Crippen LogP contribution in [0, 0.1) is 0 Å². The zero-order chi connectivity index (χ0) is 19.6. The summed E-state index contributed by atoms with van der Waals surface area (Å²) in [6.45, 7) is 11.1. The summed E-state index contributed by atoms with van der Waals surface area (Å²) in [5.74, 6) is 0. The highest BCUT2D eigenvalue weighted by atomic mass is 28.5. The molecule has 9 nitrogen and oxygen atoms in total. The maximum atomic E-state index is 5.93. The van der Waals surface area contributed by atoms with Gasteiger partial charge in [0.1, 0.15) is 0 Å². The Morgan fingerprint density at radius 2 is 0.720 bits per heavy atom. The smallest absolute Gasteiger partial charge is 0.374 e. The van der Waals surface area contributed by atoms with E-state index in [-0.39, 0.29) is 0 Å². The van der Waals surface area contributed by atoms with Crippen molar-refractivity contribution in [2.24, 2.45) is 0 Å². The molecule has 0 radical (unpaired) electrons. The molecule has 0 aromatic heterocycles. The third kappa shape index (κ3) is 6.43. The van der Waals surface area contributed by atoms with Crippen LogP contribution in [0.3, 0.4) is 0 Å². The fraction of sp³-hybridized carbons (Fsp3) is 0.500. The SMILES string of the molecule is C=C[Si](OC)(OC)O[SiH](O[Si](C=C)(OC)OC)O[Si](C=C)(OC)OC. The lowest BCUT2D eigenvalue weighted by atomic mass is 11.3. The largest absolute Gasteiger partial charge is 0.520 e. The quantitative estimate of drug-likeness (QED) is 0.349. The Bertz CT molecular complexity index is 363. The number of rotatable bonds is 15. The van der Waals surface area contributed by atoms with E-state index in [0.717, 1.165) is 0 Å². The molecule has 0 atom stereocenters. The van der Waals surface area contributed by atoms with Crippen molar-refractivity contribution >= 4 is 35.9 Å². The zero-order valence-corrected chi connectivity index (χ0v) is 19.8. The van der Waals surface area contributed by atoms with Crippen molar-refractivity contribution in [3.8, 4) is 0 Å². The number of hydrogen-bond donors (Lipinski definition) is 0. The van der Waals surface area contributed by atoms with Gasteiger partial charge in [-0.15, -0.1) is 0 Å². The van der Waals surface area contributed by atoms with Crippen LogP contribution >= 0.6 is 0 Å². The van der Waals surface area contributed by atoms with E-state index in [1.54, 1.807) is 0 Å². The van der Waals surface area contributed by atoms with Crippen molar-refractivity contribution in [2.75, 3.05) is 42.7 Å². The van der Waals surface area contributed by atoms with Gasteiger partial charge in [0.05, 0.1) is 0 Å². The van der Waals surface area contributed by atoms with Crippen molar-refractivity contribution in [3.63, 3.8) is 0 Å². The molecule has 13 heteroatoms. The second kappa shape index (κ2) is 11.4. The van der Waals surface area contributed by atoms with Gasteiger partial charge in [-0.25, -0.2) is 0 Å². The Kier molecular flexibility index (Phi) is 11.3. The highest BCUT2D eigenvalue weighted by Gasteiger charge is 2.50. The monoisotopic (exact) mass is 428 g/mol. The highest BCUT2D eigenvalue weighted by molar-refractivity contribution is 6.80. The van der Waals surface area contributed by atoms with Crippen molar-refractivity contribution in [3.05, 3.63) is 36.8 Å². The fourth-order valence-corrected chi connectivity index (χ4v) is 11.7. The lowest BCUT2D eigenvalue weighted by molar-refractivity contribution is 0.0914. The first kappa shape index (κ1) is 24.7. The minimum Gasteiger partial charge on any atom is -0.374 e. The summed E-state index contributed by atoms with van der Waals surface area (Å²) in [6, 6.07) is 0. The number of hydrogen-bond acceptors (Lipinski definition) is 9. The molecule has 0 aliphatic heterocycles. The summed E-state index contributed by atoms with van der Waals surface area (Å²) >= 11 is 0. The molecule has 146 valence electrons. The van der Waals surface area contributed by atoms with E-state index in [4.69, 9.17) is 38.9 Å². The van der Waals surface area contributed by atoms with Gasteiger partial charge in [0.15, 0.2) is 0 Å². The summed E-state index contributed by atoms with van der Waals surface area (Å²) in [5, 5.41) is 0. The molecule has 25 heavy (non-hydrogen) atoms. The van der Waals surface area contributed by atoms with Gasteiger partial charge in [-0.3, -0.25) is 0 Å². The Balaban J connectivity index is 5.75. The van der Waals surface area contributed by atoms with E-state index >= 15 is 0 Å².